The van der Waals surface area contributed by atoms with Gasteiger partial charge in [-0.3, -0.25) is 9.88 Å². The highest BCUT2D eigenvalue weighted by molar-refractivity contribution is 5.44. The molecule has 0 bridgehead atoms. The number of hydrogen-bond donors (Lipinski definition) is 0. The van der Waals surface area contributed by atoms with Crippen molar-refractivity contribution in [2.45, 2.75) is 19.4 Å². The standard InChI is InChI=1S/C14H21N3O/c1-12-2-3-13(10-15-12)16-5-7-17(8-6-16)14-4-9-18-11-14/h2-3,10,14H,4-9,11H2,1H3. The second-order valence-corrected chi connectivity index (χ2v) is 5.20. The number of aryl methyl sites for hydroxylation is 1. The van der Waals surface area contributed by atoms with Gasteiger partial charge in [0.05, 0.1) is 18.5 Å². The molecule has 0 N–H and O–H groups in total. The predicted molar refractivity (Wildman–Crippen MR) is 72.0 cm³/mol. The van der Waals surface area contributed by atoms with E-state index in [1.807, 2.05) is 13.1 Å². The van der Waals surface area contributed by atoms with Crippen LogP contribution in [0, 0.1) is 6.92 Å². The normalized spacial score (nSPS) is 25.6. The Morgan fingerprint density at radius 2 is 2.06 bits per heavy atom. The largest absolute Gasteiger partial charge is 0.380 e. The minimum Gasteiger partial charge on any atom is -0.380 e. The second-order valence-electron chi connectivity index (χ2n) is 5.20. The maximum Gasteiger partial charge on any atom is 0.0622 e. The summed E-state index contributed by atoms with van der Waals surface area (Å²) in [7, 11) is 0. The maximum absolute atomic E-state index is 5.47. The Labute approximate surface area is 109 Å². The molecule has 98 valence electrons. The van der Waals surface area contributed by atoms with Crippen LogP contribution in [0.3, 0.4) is 0 Å². The lowest BCUT2D eigenvalue weighted by molar-refractivity contribution is 0.139. The molecular formula is C14H21N3O. The fourth-order valence-corrected chi connectivity index (χ4v) is 2.80. The van der Waals surface area contributed by atoms with E-state index < -0.39 is 0 Å². The fourth-order valence-electron chi connectivity index (χ4n) is 2.80. The van der Waals surface area contributed by atoms with Crippen molar-refractivity contribution < 1.29 is 4.74 Å². The third kappa shape index (κ3) is 2.49. The van der Waals surface area contributed by atoms with Gasteiger partial charge in [-0.25, -0.2) is 0 Å². The molecule has 2 fully saturated rings. The zero-order chi connectivity index (χ0) is 12.4. The predicted octanol–water partition coefficient (Wildman–Crippen LogP) is 1.30. The maximum atomic E-state index is 5.47. The first-order valence-corrected chi connectivity index (χ1v) is 6.82. The van der Waals surface area contributed by atoms with Crippen molar-refractivity contribution in [1.29, 1.82) is 0 Å². The van der Waals surface area contributed by atoms with E-state index in [1.54, 1.807) is 0 Å². The summed E-state index contributed by atoms with van der Waals surface area (Å²) in [6.45, 7) is 8.37. The highest BCUT2D eigenvalue weighted by Gasteiger charge is 2.26. The zero-order valence-corrected chi connectivity index (χ0v) is 11.0. The fraction of sp³-hybridized carbons (Fsp3) is 0.643. The van der Waals surface area contributed by atoms with Gasteiger partial charge in [0.2, 0.25) is 0 Å². The Hall–Kier alpha value is -1.13. The smallest absolute Gasteiger partial charge is 0.0622 e. The minimum absolute atomic E-state index is 0.656. The second kappa shape index (κ2) is 5.24. The number of nitrogens with zero attached hydrogens (tertiary/aromatic N) is 3. The molecule has 3 heterocycles. The summed E-state index contributed by atoms with van der Waals surface area (Å²) < 4.78 is 5.47. The SMILES string of the molecule is Cc1ccc(N2CCN(C3CCOC3)CC2)cn1. The van der Waals surface area contributed by atoms with Gasteiger partial charge in [0, 0.05) is 44.5 Å². The van der Waals surface area contributed by atoms with Crippen molar-refractivity contribution in [2.75, 3.05) is 44.3 Å². The molecular weight excluding hydrogens is 226 g/mol. The summed E-state index contributed by atoms with van der Waals surface area (Å²) in [4.78, 5) is 9.38. The molecule has 1 unspecified atom stereocenters. The number of aromatic nitrogens is 1. The van der Waals surface area contributed by atoms with Crippen LogP contribution >= 0.6 is 0 Å². The van der Waals surface area contributed by atoms with Crippen LogP contribution in [0.1, 0.15) is 12.1 Å². The van der Waals surface area contributed by atoms with Crippen LogP contribution in [0.25, 0.3) is 0 Å². The quantitative estimate of drug-likeness (QED) is 0.787. The summed E-state index contributed by atoms with van der Waals surface area (Å²) in [5.74, 6) is 0. The van der Waals surface area contributed by atoms with Gasteiger partial charge in [0.1, 0.15) is 0 Å². The third-order valence-electron chi connectivity index (χ3n) is 4.00. The number of ether oxygens (including phenoxy) is 1. The van der Waals surface area contributed by atoms with Gasteiger partial charge in [0.15, 0.2) is 0 Å². The Balaban J connectivity index is 1.57. The van der Waals surface area contributed by atoms with Crippen LogP contribution in [-0.4, -0.2) is 55.3 Å². The van der Waals surface area contributed by atoms with Crippen LogP contribution in [0.2, 0.25) is 0 Å². The first-order valence-electron chi connectivity index (χ1n) is 6.82. The number of rotatable bonds is 2. The van der Waals surface area contributed by atoms with Crippen LogP contribution < -0.4 is 4.90 Å². The van der Waals surface area contributed by atoms with Crippen LogP contribution in [0.4, 0.5) is 5.69 Å². The first kappa shape index (κ1) is 11.9. The molecule has 3 rings (SSSR count). The van der Waals surface area contributed by atoms with Crippen LogP contribution in [-0.2, 0) is 4.74 Å². The van der Waals surface area contributed by atoms with E-state index in [-0.39, 0.29) is 0 Å². The summed E-state index contributed by atoms with van der Waals surface area (Å²) in [5.41, 5.74) is 2.34. The molecule has 0 aromatic carbocycles. The lowest BCUT2D eigenvalue weighted by Gasteiger charge is -2.38. The van der Waals surface area contributed by atoms with Gasteiger partial charge in [-0.1, -0.05) is 0 Å². The van der Waals surface area contributed by atoms with Crippen molar-refractivity contribution in [3.63, 3.8) is 0 Å². The first-order chi connectivity index (χ1) is 8.83. The minimum atomic E-state index is 0.656. The van der Waals surface area contributed by atoms with Gasteiger partial charge >= 0.3 is 0 Å². The number of piperazine rings is 1. The van der Waals surface area contributed by atoms with E-state index in [9.17, 15) is 0 Å². The highest BCUT2D eigenvalue weighted by atomic mass is 16.5. The summed E-state index contributed by atoms with van der Waals surface area (Å²) in [5, 5.41) is 0. The van der Waals surface area contributed by atoms with E-state index in [0.29, 0.717) is 6.04 Å². The average molecular weight is 247 g/mol. The molecule has 4 nitrogen and oxygen atoms in total. The van der Waals surface area contributed by atoms with Gasteiger partial charge in [0.25, 0.3) is 0 Å². The number of anilines is 1. The molecule has 1 aromatic rings. The van der Waals surface area contributed by atoms with Crippen LogP contribution in [0.5, 0.6) is 0 Å². The van der Waals surface area contributed by atoms with Crippen molar-refractivity contribution >= 4 is 5.69 Å². The molecule has 4 heteroatoms. The summed E-state index contributed by atoms with van der Waals surface area (Å²) in [6.07, 6.45) is 3.19. The summed E-state index contributed by atoms with van der Waals surface area (Å²) in [6, 6.07) is 4.92. The van der Waals surface area contributed by atoms with Gasteiger partial charge in [-0.2, -0.15) is 0 Å². The van der Waals surface area contributed by atoms with E-state index in [1.165, 1.54) is 12.1 Å². The Morgan fingerprint density at radius 1 is 1.22 bits per heavy atom. The zero-order valence-electron chi connectivity index (χ0n) is 11.0. The van der Waals surface area contributed by atoms with E-state index in [4.69, 9.17) is 4.74 Å². The molecule has 18 heavy (non-hydrogen) atoms. The number of hydrogen-bond acceptors (Lipinski definition) is 4. The molecule has 0 radical (unpaired) electrons. The lowest BCUT2D eigenvalue weighted by Crippen LogP contribution is -2.50. The Bertz CT molecular complexity index is 379. The number of pyridine rings is 1. The average Bonchev–Trinajstić information content (AvgIpc) is 2.94. The highest BCUT2D eigenvalue weighted by Crippen LogP contribution is 2.19. The molecule has 1 aromatic heterocycles. The van der Waals surface area contributed by atoms with Crippen molar-refractivity contribution in [2.24, 2.45) is 0 Å². The molecule has 2 saturated heterocycles. The lowest BCUT2D eigenvalue weighted by atomic mass is 10.2. The van der Waals surface area contributed by atoms with Gasteiger partial charge < -0.3 is 9.64 Å². The van der Waals surface area contributed by atoms with E-state index in [2.05, 4.69) is 26.9 Å². The Morgan fingerprint density at radius 3 is 2.67 bits per heavy atom. The van der Waals surface area contributed by atoms with Crippen molar-refractivity contribution in [1.82, 2.24) is 9.88 Å². The van der Waals surface area contributed by atoms with Crippen molar-refractivity contribution in [3.05, 3.63) is 24.0 Å². The molecule has 2 aliphatic heterocycles. The van der Waals surface area contributed by atoms with Crippen molar-refractivity contribution in [3.8, 4) is 0 Å². The topological polar surface area (TPSA) is 28.6 Å². The van der Waals surface area contributed by atoms with E-state index >= 15 is 0 Å². The Kier molecular flexibility index (Phi) is 3.48. The molecule has 1 atom stereocenters. The monoisotopic (exact) mass is 247 g/mol. The van der Waals surface area contributed by atoms with Gasteiger partial charge in [-0.15, -0.1) is 0 Å². The third-order valence-corrected chi connectivity index (χ3v) is 4.00. The molecule has 2 aliphatic rings. The summed E-state index contributed by atoms with van der Waals surface area (Å²) >= 11 is 0. The molecule has 0 amide bonds. The molecule has 0 spiro atoms. The molecule has 0 aliphatic carbocycles. The molecule has 0 saturated carbocycles. The van der Waals surface area contributed by atoms with E-state index in [0.717, 1.165) is 45.1 Å². The van der Waals surface area contributed by atoms with Crippen LogP contribution in [0.15, 0.2) is 18.3 Å². The van der Waals surface area contributed by atoms with Gasteiger partial charge in [-0.05, 0) is 25.5 Å².